The highest BCUT2D eigenvalue weighted by Crippen LogP contribution is 2.09. The third-order valence-corrected chi connectivity index (χ3v) is 2.52. The van der Waals surface area contributed by atoms with Gasteiger partial charge in [-0.3, -0.25) is 4.79 Å². The van der Waals surface area contributed by atoms with Crippen molar-refractivity contribution in [1.29, 1.82) is 0 Å². The maximum atomic E-state index is 11.3. The van der Waals surface area contributed by atoms with Crippen LogP contribution in [0.1, 0.15) is 46.5 Å². The molecule has 0 rings (SSSR count). The predicted molar refractivity (Wildman–Crippen MR) is 74.0 cm³/mol. The number of esters is 1. The highest BCUT2D eigenvalue weighted by Gasteiger charge is 2.15. The summed E-state index contributed by atoms with van der Waals surface area (Å²) >= 11 is 2.36. The van der Waals surface area contributed by atoms with Crippen molar-refractivity contribution in [3.05, 3.63) is 0 Å². The molecule has 0 atom stereocenters. The minimum absolute atomic E-state index is 0.136. The van der Waals surface area contributed by atoms with Crippen molar-refractivity contribution < 1.29 is 14.3 Å². The van der Waals surface area contributed by atoms with Crippen LogP contribution >= 0.6 is 22.6 Å². The Morgan fingerprint density at radius 3 is 2.31 bits per heavy atom. The van der Waals surface area contributed by atoms with Gasteiger partial charge in [0.1, 0.15) is 5.60 Å². The topological polar surface area (TPSA) is 35.5 Å². The van der Waals surface area contributed by atoms with Gasteiger partial charge in [-0.05, 0) is 44.5 Å². The van der Waals surface area contributed by atoms with E-state index in [1.54, 1.807) is 0 Å². The summed E-state index contributed by atoms with van der Waals surface area (Å²) in [6, 6.07) is 0. The molecule has 0 bridgehead atoms. The van der Waals surface area contributed by atoms with E-state index in [-0.39, 0.29) is 11.6 Å². The van der Waals surface area contributed by atoms with Gasteiger partial charge in [-0.2, -0.15) is 0 Å². The lowest BCUT2D eigenvalue weighted by molar-refractivity contribution is -0.155. The van der Waals surface area contributed by atoms with Crippen LogP contribution in [0.15, 0.2) is 0 Å². The molecule has 3 nitrogen and oxygen atoms in total. The Morgan fingerprint density at radius 2 is 1.75 bits per heavy atom. The first-order valence-corrected chi connectivity index (χ1v) is 7.34. The monoisotopic (exact) mass is 342 g/mol. The molecule has 0 fully saturated rings. The van der Waals surface area contributed by atoms with Crippen molar-refractivity contribution in [2.75, 3.05) is 17.6 Å². The Bertz CT molecular complexity index is 187. The van der Waals surface area contributed by atoms with E-state index < -0.39 is 0 Å². The zero-order valence-electron chi connectivity index (χ0n) is 10.6. The molecule has 4 heteroatoms. The number of rotatable bonds is 8. The lowest BCUT2D eigenvalue weighted by Gasteiger charge is -2.19. The van der Waals surface area contributed by atoms with E-state index in [1.165, 1.54) is 10.8 Å². The number of carbonyl (C=O) groups is 1. The lowest BCUT2D eigenvalue weighted by Crippen LogP contribution is -2.23. The molecule has 0 N–H and O–H groups in total. The third-order valence-electron chi connectivity index (χ3n) is 1.76. The van der Waals surface area contributed by atoms with Gasteiger partial charge in [0, 0.05) is 19.6 Å². The molecule has 0 saturated heterocycles. The van der Waals surface area contributed by atoms with Gasteiger partial charge in [-0.1, -0.05) is 22.6 Å². The minimum Gasteiger partial charge on any atom is -0.460 e. The van der Waals surface area contributed by atoms with Crippen LogP contribution < -0.4 is 0 Å². The Kier molecular flexibility index (Phi) is 9.31. The van der Waals surface area contributed by atoms with E-state index in [2.05, 4.69) is 22.6 Å². The Balaban J connectivity index is 3.28. The quantitative estimate of drug-likeness (QED) is 0.294. The Labute approximate surface area is 112 Å². The summed E-state index contributed by atoms with van der Waals surface area (Å²) in [5.74, 6) is -0.136. The molecule has 0 heterocycles. The molecule has 0 amide bonds. The van der Waals surface area contributed by atoms with Gasteiger partial charge in [-0.25, -0.2) is 0 Å². The molecule has 0 spiro atoms. The van der Waals surface area contributed by atoms with Gasteiger partial charge >= 0.3 is 5.97 Å². The Hall–Kier alpha value is 0.160. The van der Waals surface area contributed by atoms with Crippen molar-refractivity contribution in [3.63, 3.8) is 0 Å². The van der Waals surface area contributed by atoms with E-state index in [0.29, 0.717) is 13.0 Å². The predicted octanol–water partition coefficient (Wildman–Crippen LogP) is 3.34. The van der Waals surface area contributed by atoms with E-state index >= 15 is 0 Å². The van der Waals surface area contributed by atoms with Crippen molar-refractivity contribution in [2.45, 2.75) is 52.1 Å². The average Bonchev–Trinajstić information content (AvgIpc) is 2.13. The molecule has 0 aliphatic heterocycles. The van der Waals surface area contributed by atoms with Gasteiger partial charge in [0.15, 0.2) is 0 Å². The van der Waals surface area contributed by atoms with Crippen LogP contribution in [-0.4, -0.2) is 29.2 Å². The van der Waals surface area contributed by atoms with Crippen molar-refractivity contribution in [3.8, 4) is 0 Å². The highest BCUT2D eigenvalue weighted by molar-refractivity contribution is 14.1. The van der Waals surface area contributed by atoms with Crippen LogP contribution in [0.25, 0.3) is 0 Å². The first-order valence-electron chi connectivity index (χ1n) is 5.81. The highest BCUT2D eigenvalue weighted by atomic mass is 127. The van der Waals surface area contributed by atoms with Crippen molar-refractivity contribution in [2.24, 2.45) is 0 Å². The zero-order chi connectivity index (χ0) is 12.4. The number of carbonyl (C=O) groups excluding carboxylic acids is 1. The second-order valence-electron chi connectivity index (χ2n) is 4.70. The molecule has 0 aliphatic carbocycles. The number of unbranched alkanes of at least 4 members (excludes halogenated alkanes) is 1. The molecule has 0 saturated carbocycles. The molecule has 0 aromatic rings. The molecule has 96 valence electrons. The number of hydrogen-bond donors (Lipinski definition) is 0. The maximum Gasteiger partial charge on any atom is 0.306 e. The summed E-state index contributed by atoms with van der Waals surface area (Å²) in [6.45, 7) is 7.10. The van der Waals surface area contributed by atoms with E-state index in [4.69, 9.17) is 9.47 Å². The molecule has 0 aliphatic rings. The summed E-state index contributed by atoms with van der Waals surface area (Å²) in [5.41, 5.74) is -0.377. The van der Waals surface area contributed by atoms with Gasteiger partial charge in [-0.15, -0.1) is 0 Å². The first-order chi connectivity index (χ1) is 7.45. The molecular formula is C12H23IO3. The zero-order valence-corrected chi connectivity index (χ0v) is 12.7. The van der Waals surface area contributed by atoms with E-state index in [1.807, 2.05) is 20.8 Å². The summed E-state index contributed by atoms with van der Waals surface area (Å²) in [4.78, 5) is 11.3. The number of alkyl halides is 1. The fraction of sp³-hybridized carbons (Fsp3) is 0.917. The smallest absolute Gasteiger partial charge is 0.306 e. The van der Waals surface area contributed by atoms with Crippen LogP contribution in [-0.2, 0) is 14.3 Å². The maximum absolute atomic E-state index is 11.3. The first kappa shape index (κ1) is 16.2. The summed E-state index contributed by atoms with van der Waals surface area (Å²) < 4.78 is 11.8. The van der Waals surface area contributed by atoms with E-state index in [9.17, 15) is 4.79 Å². The van der Waals surface area contributed by atoms with Crippen molar-refractivity contribution >= 4 is 28.6 Å². The summed E-state index contributed by atoms with van der Waals surface area (Å²) in [7, 11) is 0. The molecule has 16 heavy (non-hydrogen) atoms. The van der Waals surface area contributed by atoms with Gasteiger partial charge in [0.05, 0.1) is 0 Å². The number of hydrogen-bond acceptors (Lipinski definition) is 3. The Morgan fingerprint density at radius 1 is 1.12 bits per heavy atom. The van der Waals surface area contributed by atoms with Crippen LogP contribution in [0.2, 0.25) is 0 Å². The normalized spacial score (nSPS) is 11.5. The van der Waals surface area contributed by atoms with Crippen LogP contribution in [0, 0.1) is 0 Å². The molecule has 0 aromatic carbocycles. The molecular weight excluding hydrogens is 319 g/mol. The standard InChI is InChI=1S/C12H23IO3/c1-12(2,3)16-11(14)7-6-10-15-9-5-4-8-13/h4-10H2,1-3H3. The third kappa shape index (κ3) is 12.2. The number of ether oxygens (including phenoxy) is 2. The largest absolute Gasteiger partial charge is 0.460 e. The van der Waals surface area contributed by atoms with Crippen LogP contribution in [0.5, 0.6) is 0 Å². The SMILES string of the molecule is CC(C)(C)OC(=O)CCCOCCCCI. The fourth-order valence-corrected chi connectivity index (χ4v) is 1.65. The minimum atomic E-state index is -0.377. The van der Waals surface area contributed by atoms with E-state index in [0.717, 1.165) is 19.4 Å². The second kappa shape index (κ2) is 9.22. The van der Waals surface area contributed by atoms with Gasteiger partial charge < -0.3 is 9.47 Å². The molecule has 0 radical (unpaired) electrons. The van der Waals surface area contributed by atoms with Crippen molar-refractivity contribution in [1.82, 2.24) is 0 Å². The molecule has 0 unspecified atom stereocenters. The van der Waals surface area contributed by atoms with Crippen LogP contribution in [0.3, 0.4) is 0 Å². The van der Waals surface area contributed by atoms with Crippen LogP contribution in [0.4, 0.5) is 0 Å². The van der Waals surface area contributed by atoms with Gasteiger partial charge in [0.2, 0.25) is 0 Å². The second-order valence-corrected chi connectivity index (χ2v) is 5.78. The fourth-order valence-electron chi connectivity index (χ4n) is 1.11. The van der Waals surface area contributed by atoms with Gasteiger partial charge in [0.25, 0.3) is 0 Å². The number of halogens is 1. The lowest BCUT2D eigenvalue weighted by atomic mass is 10.2. The summed E-state index contributed by atoms with van der Waals surface area (Å²) in [5, 5.41) is 0. The molecule has 0 aromatic heterocycles. The average molecular weight is 342 g/mol. The summed E-state index contributed by atoms with van der Waals surface area (Å²) in [6.07, 6.45) is 3.50.